The van der Waals surface area contributed by atoms with Crippen molar-refractivity contribution in [3.05, 3.63) is 35.7 Å². The van der Waals surface area contributed by atoms with Crippen LogP contribution in [0.15, 0.2) is 18.6 Å². The second-order valence-electron chi connectivity index (χ2n) is 5.14. The number of aromatic nitrogens is 6. The molecule has 0 atom stereocenters. The normalized spacial score (nSPS) is 11.3. The molecule has 0 saturated heterocycles. The number of aryl methyl sites for hydroxylation is 3. The molecular formula is C14H19N7. The Morgan fingerprint density at radius 3 is 3.05 bits per heavy atom. The summed E-state index contributed by atoms with van der Waals surface area (Å²) in [5.74, 6) is 0.936. The lowest BCUT2D eigenvalue weighted by molar-refractivity contribution is 0.639. The summed E-state index contributed by atoms with van der Waals surface area (Å²) in [5.41, 5.74) is 3.13. The molecule has 0 aliphatic carbocycles. The molecule has 7 heteroatoms. The number of pyridine rings is 1. The van der Waals surface area contributed by atoms with Crippen LogP contribution in [0, 0.1) is 6.92 Å². The van der Waals surface area contributed by atoms with Crippen molar-refractivity contribution in [3.63, 3.8) is 0 Å². The smallest absolute Gasteiger partial charge is 0.157 e. The Bertz CT molecular complexity index is 714. The molecule has 0 spiro atoms. The molecule has 0 bridgehead atoms. The Hall–Kier alpha value is -2.28. The SMILES string of the molecule is Cc1nn(C)c2ncc(CNCCCc3ncn[nH]3)cc12. The van der Waals surface area contributed by atoms with Gasteiger partial charge in [0, 0.05) is 31.6 Å². The van der Waals surface area contributed by atoms with Crippen molar-refractivity contribution in [2.45, 2.75) is 26.3 Å². The van der Waals surface area contributed by atoms with Crippen LogP contribution in [0.25, 0.3) is 11.0 Å². The van der Waals surface area contributed by atoms with E-state index in [1.54, 1.807) is 6.33 Å². The zero-order chi connectivity index (χ0) is 14.7. The molecule has 110 valence electrons. The summed E-state index contributed by atoms with van der Waals surface area (Å²) in [6.07, 6.45) is 5.38. The number of fused-ring (bicyclic) bond motifs is 1. The first-order chi connectivity index (χ1) is 10.2. The Balaban J connectivity index is 1.52. The van der Waals surface area contributed by atoms with Gasteiger partial charge in [-0.1, -0.05) is 0 Å². The van der Waals surface area contributed by atoms with Gasteiger partial charge in [0.1, 0.15) is 12.2 Å². The van der Waals surface area contributed by atoms with Crippen LogP contribution in [0.1, 0.15) is 23.5 Å². The summed E-state index contributed by atoms with van der Waals surface area (Å²) in [7, 11) is 1.92. The molecule has 3 heterocycles. The molecule has 3 aromatic heterocycles. The van der Waals surface area contributed by atoms with Crippen LogP contribution in [-0.2, 0) is 20.0 Å². The van der Waals surface area contributed by atoms with E-state index in [9.17, 15) is 0 Å². The van der Waals surface area contributed by atoms with E-state index in [0.29, 0.717) is 0 Å². The van der Waals surface area contributed by atoms with Gasteiger partial charge < -0.3 is 5.32 Å². The molecule has 3 rings (SSSR count). The standard InChI is InChI=1S/C14H19N7/c1-10-12-6-11(8-16-14(12)21(2)20-10)7-15-5-3-4-13-17-9-18-19-13/h6,8-9,15H,3-5,7H2,1-2H3,(H,17,18,19). The summed E-state index contributed by atoms with van der Waals surface area (Å²) in [6, 6.07) is 2.16. The van der Waals surface area contributed by atoms with Gasteiger partial charge in [-0.25, -0.2) is 9.97 Å². The van der Waals surface area contributed by atoms with Crippen LogP contribution in [-0.4, -0.2) is 36.5 Å². The van der Waals surface area contributed by atoms with Crippen molar-refractivity contribution in [1.82, 2.24) is 35.3 Å². The Kier molecular flexibility index (Phi) is 3.92. The van der Waals surface area contributed by atoms with E-state index < -0.39 is 0 Å². The highest BCUT2D eigenvalue weighted by atomic mass is 15.3. The van der Waals surface area contributed by atoms with Crippen molar-refractivity contribution in [2.75, 3.05) is 6.54 Å². The fourth-order valence-corrected chi connectivity index (χ4v) is 2.41. The predicted molar refractivity (Wildman–Crippen MR) is 79.7 cm³/mol. The number of rotatable bonds is 6. The lowest BCUT2D eigenvalue weighted by Gasteiger charge is -2.04. The lowest BCUT2D eigenvalue weighted by atomic mass is 10.2. The highest BCUT2D eigenvalue weighted by molar-refractivity contribution is 5.78. The molecule has 7 nitrogen and oxygen atoms in total. The summed E-state index contributed by atoms with van der Waals surface area (Å²) < 4.78 is 1.82. The maximum Gasteiger partial charge on any atom is 0.157 e. The van der Waals surface area contributed by atoms with Gasteiger partial charge >= 0.3 is 0 Å². The molecule has 0 amide bonds. The molecule has 21 heavy (non-hydrogen) atoms. The van der Waals surface area contributed by atoms with E-state index in [4.69, 9.17) is 0 Å². The van der Waals surface area contributed by atoms with E-state index in [1.165, 1.54) is 5.56 Å². The molecule has 0 saturated carbocycles. The van der Waals surface area contributed by atoms with Crippen LogP contribution >= 0.6 is 0 Å². The predicted octanol–water partition coefficient (Wildman–Crippen LogP) is 1.12. The van der Waals surface area contributed by atoms with Gasteiger partial charge in [-0.15, -0.1) is 0 Å². The molecular weight excluding hydrogens is 266 g/mol. The lowest BCUT2D eigenvalue weighted by Crippen LogP contribution is -2.15. The van der Waals surface area contributed by atoms with Crippen LogP contribution in [0.5, 0.6) is 0 Å². The average Bonchev–Trinajstić information content (AvgIpc) is 3.08. The zero-order valence-corrected chi connectivity index (χ0v) is 12.3. The maximum atomic E-state index is 4.48. The number of aromatic amines is 1. The molecule has 2 N–H and O–H groups in total. The largest absolute Gasteiger partial charge is 0.313 e. The van der Waals surface area contributed by atoms with E-state index >= 15 is 0 Å². The minimum Gasteiger partial charge on any atom is -0.313 e. The fraction of sp³-hybridized carbons (Fsp3) is 0.429. The van der Waals surface area contributed by atoms with Crippen molar-refractivity contribution in [3.8, 4) is 0 Å². The van der Waals surface area contributed by atoms with Gasteiger partial charge in [0.25, 0.3) is 0 Å². The van der Waals surface area contributed by atoms with Gasteiger partial charge in [0.05, 0.1) is 5.69 Å². The molecule has 3 aromatic rings. The highest BCUT2D eigenvalue weighted by Gasteiger charge is 2.06. The fourth-order valence-electron chi connectivity index (χ4n) is 2.41. The van der Waals surface area contributed by atoms with Gasteiger partial charge in [-0.3, -0.25) is 9.78 Å². The molecule has 0 unspecified atom stereocenters. The second kappa shape index (κ2) is 6.01. The first-order valence-corrected chi connectivity index (χ1v) is 7.07. The molecule has 0 radical (unpaired) electrons. The van der Waals surface area contributed by atoms with E-state index in [-0.39, 0.29) is 0 Å². The van der Waals surface area contributed by atoms with E-state index in [0.717, 1.165) is 48.5 Å². The van der Waals surface area contributed by atoms with Crippen molar-refractivity contribution >= 4 is 11.0 Å². The average molecular weight is 285 g/mol. The third-order valence-corrected chi connectivity index (χ3v) is 3.48. The monoisotopic (exact) mass is 285 g/mol. The quantitative estimate of drug-likeness (QED) is 0.663. The number of hydrogen-bond acceptors (Lipinski definition) is 5. The topological polar surface area (TPSA) is 84.3 Å². The number of H-pyrrole nitrogens is 1. The number of nitrogens with one attached hydrogen (secondary N) is 2. The van der Waals surface area contributed by atoms with Crippen LogP contribution in [0.4, 0.5) is 0 Å². The van der Waals surface area contributed by atoms with E-state index in [2.05, 4.69) is 36.6 Å². The maximum absolute atomic E-state index is 4.48. The van der Waals surface area contributed by atoms with Gasteiger partial charge in [0.15, 0.2) is 5.65 Å². The molecule has 0 aromatic carbocycles. The third kappa shape index (κ3) is 3.08. The molecule has 0 fully saturated rings. The highest BCUT2D eigenvalue weighted by Crippen LogP contribution is 2.16. The van der Waals surface area contributed by atoms with Crippen LogP contribution in [0.2, 0.25) is 0 Å². The van der Waals surface area contributed by atoms with Crippen molar-refractivity contribution in [1.29, 1.82) is 0 Å². The summed E-state index contributed by atoms with van der Waals surface area (Å²) >= 11 is 0. The first kappa shape index (κ1) is 13.7. The Labute approximate surface area is 122 Å². The van der Waals surface area contributed by atoms with E-state index in [1.807, 2.05) is 24.9 Å². The van der Waals surface area contributed by atoms with Crippen molar-refractivity contribution in [2.24, 2.45) is 7.05 Å². The number of hydrogen-bond donors (Lipinski definition) is 2. The Morgan fingerprint density at radius 2 is 2.24 bits per heavy atom. The Morgan fingerprint density at radius 1 is 1.33 bits per heavy atom. The van der Waals surface area contributed by atoms with Gasteiger partial charge in [-0.2, -0.15) is 10.2 Å². The molecule has 0 aliphatic rings. The zero-order valence-electron chi connectivity index (χ0n) is 12.3. The van der Waals surface area contributed by atoms with Crippen LogP contribution in [0.3, 0.4) is 0 Å². The number of nitrogens with zero attached hydrogens (tertiary/aromatic N) is 5. The van der Waals surface area contributed by atoms with Gasteiger partial charge in [-0.05, 0) is 31.5 Å². The minimum absolute atomic E-state index is 0.813. The summed E-state index contributed by atoms with van der Waals surface area (Å²) in [6.45, 7) is 3.76. The van der Waals surface area contributed by atoms with Crippen LogP contribution < -0.4 is 5.32 Å². The summed E-state index contributed by atoms with van der Waals surface area (Å²) in [5, 5.41) is 15.6. The minimum atomic E-state index is 0.813. The second-order valence-corrected chi connectivity index (χ2v) is 5.14. The van der Waals surface area contributed by atoms with Gasteiger partial charge in [0.2, 0.25) is 0 Å². The molecule has 0 aliphatic heterocycles. The van der Waals surface area contributed by atoms with Crippen molar-refractivity contribution < 1.29 is 0 Å². The summed E-state index contributed by atoms with van der Waals surface area (Å²) in [4.78, 5) is 8.58. The third-order valence-electron chi connectivity index (χ3n) is 3.48. The first-order valence-electron chi connectivity index (χ1n) is 7.07.